The van der Waals surface area contributed by atoms with Gasteiger partial charge in [-0.15, -0.1) is 0 Å². The van der Waals surface area contributed by atoms with Crippen molar-refractivity contribution >= 4 is 23.3 Å². The summed E-state index contributed by atoms with van der Waals surface area (Å²) in [5.74, 6) is -0.521. The van der Waals surface area contributed by atoms with Crippen LogP contribution >= 0.6 is 11.6 Å². The third kappa shape index (κ3) is 6.03. The molecule has 5 nitrogen and oxygen atoms in total. The summed E-state index contributed by atoms with van der Waals surface area (Å²) >= 11 is 5.53. The Kier molecular flexibility index (Phi) is 4.64. The van der Waals surface area contributed by atoms with Gasteiger partial charge in [-0.1, -0.05) is 11.6 Å². The van der Waals surface area contributed by atoms with E-state index in [1.165, 1.54) is 6.07 Å². The number of nitrogens with zero attached hydrogens (tertiary/aromatic N) is 2. The number of hydrogen-bond donors (Lipinski definition) is 2. The Balaban J connectivity index is 2.35. The molecule has 1 aromatic heterocycles. The van der Waals surface area contributed by atoms with Crippen molar-refractivity contribution in [1.29, 1.82) is 0 Å². The zero-order chi connectivity index (χ0) is 12.9. The Hall–Kier alpha value is -1.41. The first kappa shape index (κ1) is 13.7. The zero-order valence-corrected chi connectivity index (χ0v) is 9.14. The lowest BCUT2D eigenvalue weighted by atomic mass is 10.5. The van der Waals surface area contributed by atoms with E-state index in [9.17, 15) is 18.0 Å². The van der Waals surface area contributed by atoms with Gasteiger partial charge in [0.2, 0.25) is 5.91 Å². The maximum Gasteiger partial charge on any atom is 0.401 e. The third-order valence-corrected chi connectivity index (χ3v) is 1.72. The van der Waals surface area contributed by atoms with Gasteiger partial charge in [0.15, 0.2) is 0 Å². The van der Waals surface area contributed by atoms with E-state index in [4.69, 9.17) is 11.6 Å². The van der Waals surface area contributed by atoms with E-state index < -0.39 is 25.2 Å². The highest BCUT2D eigenvalue weighted by Gasteiger charge is 2.26. The van der Waals surface area contributed by atoms with E-state index in [-0.39, 0.29) is 11.0 Å². The van der Waals surface area contributed by atoms with Gasteiger partial charge in [0.1, 0.15) is 17.3 Å². The van der Waals surface area contributed by atoms with Crippen LogP contribution in [0.4, 0.5) is 19.0 Å². The van der Waals surface area contributed by atoms with Gasteiger partial charge in [-0.25, -0.2) is 9.97 Å². The van der Waals surface area contributed by atoms with Crippen LogP contribution in [-0.2, 0) is 4.79 Å². The second kappa shape index (κ2) is 5.78. The number of rotatable bonds is 4. The molecule has 0 spiro atoms. The number of aromatic nitrogens is 2. The fraction of sp³-hybridized carbons (Fsp3) is 0.375. The van der Waals surface area contributed by atoms with Crippen molar-refractivity contribution in [1.82, 2.24) is 15.3 Å². The van der Waals surface area contributed by atoms with Crippen LogP contribution in [0.5, 0.6) is 0 Å². The Morgan fingerprint density at radius 2 is 2.12 bits per heavy atom. The third-order valence-electron chi connectivity index (χ3n) is 1.51. The minimum atomic E-state index is -4.35. The van der Waals surface area contributed by atoms with Crippen LogP contribution in [0.2, 0.25) is 5.15 Å². The van der Waals surface area contributed by atoms with Crippen LogP contribution in [-0.4, -0.2) is 35.1 Å². The molecule has 0 aliphatic heterocycles. The largest absolute Gasteiger partial charge is 0.401 e. The topological polar surface area (TPSA) is 66.9 Å². The van der Waals surface area contributed by atoms with Crippen LogP contribution < -0.4 is 10.6 Å². The zero-order valence-electron chi connectivity index (χ0n) is 8.38. The van der Waals surface area contributed by atoms with Crippen LogP contribution in [0.15, 0.2) is 12.4 Å². The summed E-state index contributed by atoms with van der Waals surface area (Å²) in [6, 6.07) is 1.28. The molecule has 0 atom stereocenters. The monoisotopic (exact) mass is 268 g/mol. The fourth-order valence-electron chi connectivity index (χ4n) is 0.907. The number of carbonyl (C=O) groups excluding carboxylic acids is 1. The molecule has 0 aromatic carbocycles. The van der Waals surface area contributed by atoms with Crippen LogP contribution in [0, 0.1) is 0 Å². The Bertz CT molecular complexity index is 399. The van der Waals surface area contributed by atoms with Crippen molar-refractivity contribution in [2.45, 2.75) is 6.18 Å². The van der Waals surface area contributed by atoms with Crippen molar-refractivity contribution in [3.05, 3.63) is 17.5 Å². The molecule has 1 aromatic rings. The highest BCUT2D eigenvalue weighted by Crippen LogP contribution is 2.12. The summed E-state index contributed by atoms with van der Waals surface area (Å²) in [5.41, 5.74) is 0. The lowest BCUT2D eigenvalue weighted by Gasteiger charge is -2.08. The molecule has 0 radical (unpaired) electrons. The predicted molar refractivity (Wildman–Crippen MR) is 54.6 cm³/mol. The first-order chi connectivity index (χ1) is 7.87. The highest BCUT2D eigenvalue weighted by atomic mass is 35.5. The number of nitrogens with one attached hydrogen (secondary N) is 2. The summed E-state index contributed by atoms with van der Waals surface area (Å²) in [6.45, 7) is -1.70. The molecule has 0 aliphatic carbocycles. The number of amides is 1. The van der Waals surface area contributed by atoms with Gasteiger partial charge < -0.3 is 10.6 Å². The predicted octanol–water partition coefficient (Wildman–Crippen LogP) is 1.22. The minimum Gasteiger partial charge on any atom is -0.309 e. The summed E-state index contributed by atoms with van der Waals surface area (Å²) in [6.07, 6.45) is -3.22. The molecule has 0 saturated carbocycles. The minimum absolute atomic E-state index is 0.124. The summed E-state index contributed by atoms with van der Waals surface area (Å²) in [7, 11) is 0. The SMILES string of the molecule is O=C(CNCC(F)(F)F)Nc1cc(Cl)ncn1. The summed E-state index contributed by atoms with van der Waals surface area (Å²) in [5, 5.41) is 4.33. The quantitative estimate of drug-likeness (QED) is 0.806. The van der Waals surface area contributed by atoms with E-state index >= 15 is 0 Å². The number of anilines is 1. The van der Waals surface area contributed by atoms with E-state index in [2.05, 4.69) is 15.3 Å². The molecule has 0 bridgehead atoms. The summed E-state index contributed by atoms with van der Waals surface area (Å²) in [4.78, 5) is 18.4. The first-order valence-corrected chi connectivity index (χ1v) is 4.79. The average Bonchev–Trinajstić information content (AvgIpc) is 2.15. The molecule has 1 rings (SSSR count). The van der Waals surface area contributed by atoms with Gasteiger partial charge >= 0.3 is 6.18 Å². The van der Waals surface area contributed by atoms with Crippen molar-refractivity contribution in [2.75, 3.05) is 18.4 Å². The van der Waals surface area contributed by atoms with E-state index in [1.54, 1.807) is 0 Å². The number of halogens is 4. The normalized spacial score (nSPS) is 11.3. The summed E-state index contributed by atoms with van der Waals surface area (Å²) < 4.78 is 35.3. The molecule has 0 aliphatic rings. The Morgan fingerprint density at radius 1 is 1.41 bits per heavy atom. The smallest absolute Gasteiger partial charge is 0.309 e. The van der Waals surface area contributed by atoms with Crippen LogP contribution in [0.3, 0.4) is 0 Å². The van der Waals surface area contributed by atoms with Gasteiger partial charge in [0.05, 0.1) is 13.1 Å². The first-order valence-electron chi connectivity index (χ1n) is 4.42. The number of alkyl halides is 3. The number of hydrogen-bond acceptors (Lipinski definition) is 4. The van der Waals surface area contributed by atoms with Gasteiger partial charge in [0, 0.05) is 6.07 Å². The molecular weight excluding hydrogens is 261 g/mol. The molecule has 9 heteroatoms. The average molecular weight is 269 g/mol. The Labute approximate surface area is 99.4 Å². The Morgan fingerprint density at radius 3 is 2.71 bits per heavy atom. The standard InChI is InChI=1S/C8H8ClF3N4O/c9-5-1-6(15-4-14-5)16-7(17)2-13-3-8(10,11)12/h1,4,13H,2-3H2,(H,14,15,16,17). The molecule has 2 N–H and O–H groups in total. The van der Waals surface area contributed by atoms with Crippen molar-refractivity contribution < 1.29 is 18.0 Å². The molecule has 0 fully saturated rings. The second-order valence-corrected chi connectivity index (χ2v) is 3.38. The molecular formula is C8H8ClF3N4O. The maximum absolute atomic E-state index is 11.8. The van der Waals surface area contributed by atoms with Gasteiger partial charge in [-0.3, -0.25) is 4.79 Å². The van der Waals surface area contributed by atoms with Crippen molar-refractivity contribution in [2.24, 2.45) is 0 Å². The highest BCUT2D eigenvalue weighted by molar-refractivity contribution is 6.29. The van der Waals surface area contributed by atoms with Crippen LogP contribution in [0.25, 0.3) is 0 Å². The molecule has 0 saturated heterocycles. The molecule has 1 heterocycles. The van der Waals surface area contributed by atoms with Gasteiger partial charge in [-0.05, 0) is 0 Å². The molecule has 17 heavy (non-hydrogen) atoms. The van der Waals surface area contributed by atoms with Crippen LogP contribution in [0.1, 0.15) is 0 Å². The maximum atomic E-state index is 11.8. The molecule has 0 unspecified atom stereocenters. The van der Waals surface area contributed by atoms with E-state index in [0.717, 1.165) is 6.33 Å². The molecule has 94 valence electrons. The van der Waals surface area contributed by atoms with Gasteiger partial charge in [-0.2, -0.15) is 13.2 Å². The van der Waals surface area contributed by atoms with Gasteiger partial charge in [0.25, 0.3) is 0 Å². The lowest BCUT2D eigenvalue weighted by Crippen LogP contribution is -2.35. The number of carbonyl (C=O) groups is 1. The van der Waals surface area contributed by atoms with Crippen molar-refractivity contribution in [3.8, 4) is 0 Å². The molecule has 1 amide bonds. The van der Waals surface area contributed by atoms with E-state index in [1.807, 2.05) is 5.32 Å². The van der Waals surface area contributed by atoms with Crippen molar-refractivity contribution in [3.63, 3.8) is 0 Å². The second-order valence-electron chi connectivity index (χ2n) is 2.99. The lowest BCUT2D eigenvalue weighted by molar-refractivity contribution is -0.126. The van der Waals surface area contributed by atoms with E-state index in [0.29, 0.717) is 0 Å². The fourth-order valence-corrected chi connectivity index (χ4v) is 1.05.